The number of hydrogen-bond donors (Lipinski definition) is 1. The number of piperidine rings is 1. The van der Waals surface area contributed by atoms with Gasteiger partial charge >= 0.3 is 0 Å². The zero-order valence-electron chi connectivity index (χ0n) is 11.6. The molecule has 2 rings (SSSR count). The molecule has 2 N–H and O–H groups in total. The Morgan fingerprint density at radius 3 is 2.38 bits per heavy atom. The smallest absolute Gasteiger partial charge is 0.299 e. The summed E-state index contributed by atoms with van der Waals surface area (Å²) in [7, 11) is 0. The third kappa shape index (κ3) is 3.46. The number of nitro groups is 2. The predicted octanol–water partition coefficient (Wildman–Crippen LogP) is 2.07. The van der Waals surface area contributed by atoms with Crippen LogP contribution in [0, 0.1) is 26.1 Å². The fraction of sp³-hybridized carbons (Fsp3) is 0.538. The summed E-state index contributed by atoms with van der Waals surface area (Å²) >= 11 is 0. The Morgan fingerprint density at radius 1 is 1.19 bits per heavy atom. The highest BCUT2D eigenvalue weighted by molar-refractivity contribution is 5.67. The van der Waals surface area contributed by atoms with Gasteiger partial charge in [0.15, 0.2) is 0 Å². The summed E-state index contributed by atoms with van der Waals surface area (Å²) in [6.45, 7) is 2.08. The highest BCUT2D eigenvalue weighted by Gasteiger charge is 2.26. The molecular formula is C13H18N4O4. The zero-order chi connectivity index (χ0) is 15.4. The van der Waals surface area contributed by atoms with E-state index in [0.29, 0.717) is 31.2 Å². The molecule has 0 saturated carbocycles. The number of benzene rings is 1. The first-order valence-corrected chi connectivity index (χ1v) is 6.90. The van der Waals surface area contributed by atoms with Crippen LogP contribution in [0.4, 0.5) is 17.1 Å². The van der Waals surface area contributed by atoms with Gasteiger partial charge < -0.3 is 10.6 Å². The van der Waals surface area contributed by atoms with Crippen LogP contribution in [-0.2, 0) is 0 Å². The molecule has 0 atom stereocenters. The quantitative estimate of drug-likeness (QED) is 0.656. The van der Waals surface area contributed by atoms with Crippen molar-refractivity contribution in [2.24, 2.45) is 11.7 Å². The monoisotopic (exact) mass is 294 g/mol. The molecule has 0 unspecified atom stereocenters. The summed E-state index contributed by atoms with van der Waals surface area (Å²) < 4.78 is 0. The van der Waals surface area contributed by atoms with Crippen molar-refractivity contribution in [3.63, 3.8) is 0 Å². The summed E-state index contributed by atoms with van der Waals surface area (Å²) in [4.78, 5) is 22.6. The molecule has 0 bridgehead atoms. The maximum Gasteiger partial charge on any atom is 0.299 e. The lowest BCUT2D eigenvalue weighted by molar-refractivity contribution is -0.393. The van der Waals surface area contributed by atoms with Gasteiger partial charge in [0.2, 0.25) is 0 Å². The highest BCUT2D eigenvalue weighted by Crippen LogP contribution is 2.34. The van der Waals surface area contributed by atoms with E-state index in [1.165, 1.54) is 12.1 Å². The van der Waals surface area contributed by atoms with Gasteiger partial charge in [0.05, 0.1) is 15.9 Å². The van der Waals surface area contributed by atoms with Crippen molar-refractivity contribution in [1.82, 2.24) is 0 Å². The first-order valence-electron chi connectivity index (χ1n) is 6.90. The van der Waals surface area contributed by atoms with Gasteiger partial charge in [-0.3, -0.25) is 20.2 Å². The molecule has 0 amide bonds. The van der Waals surface area contributed by atoms with E-state index in [0.717, 1.165) is 25.3 Å². The maximum absolute atomic E-state index is 11.1. The van der Waals surface area contributed by atoms with Crippen molar-refractivity contribution in [3.8, 4) is 0 Å². The number of rotatable bonds is 5. The van der Waals surface area contributed by atoms with Crippen molar-refractivity contribution >= 4 is 17.1 Å². The van der Waals surface area contributed by atoms with Crippen molar-refractivity contribution in [2.75, 3.05) is 24.5 Å². The molecule has 0 aliphatic carbocycles. The van der Waals surface area contributed by atoms with Crippen LogP contribution in [0.3, 0.4) is 0 Å². The van der Waals surface area contributed by atoms with Gasteiger partial charge in [-0.1, -0.05) is 0 Å². The number of nitrogens with zero attached hydrogens (tertiary/aromatic N) is 3. The third-order valence-corrected chi connectivity index (χ3v) is 3.90. The largest absolute Gasteiger partial charge is 0.366 e. The number of nitro benzene ring substituents is 2. The van der Waals surface area contributed by atoms with Gasteiger partial charge in [-0.15, -0.1) is 0 Å². The number of nitrogens with two attached hydrogens (primary N) is 1. The van der Waals surface area contributed by atoms with Gasteiger partial charge in [-0.05, 0) is 37.8 Å². The first kappa shape index (κ1) is 15.2. The van der Waals surface area contributed by atoms with Crippen LogP contribution in [0.2, 0.25) is 0 Å². The minimum Gasteiger partial charge on any atom is -0.366 e. The third-order valence-electron chi connectivity index (χ3n) is 3.90. The lowest BCUT2D eigenvalue weighted by Crippen LogP contribution is -2.34. The van der Waals surface area contributed by atoms with E-state index < -0.39 is 9.85 Å². The molecular weight excluding hydrogens is 276 g/mol. The van der Waals surface area contributed by atoms with Gasteiger partial charge in [-0.25, -0.2) is 0 Å². The molecule has 114 valence electrons. The standard InChI is InChI=1S/C13H18N4O4/c14-6-3-10-4-7-15(8-5-10)12-2-1-11(16(18)19)9-13(12)17(20)21/h1-2,9-10H,3-8,14H2. The van der Waals surface area contributed by atoms with E-state index in [9.17, 15) is 20.2 Å². The molecule has 8 nitrogen and oxygen atoms in total. The summed E-state index contributed by atoms with van der Waals surface area (Å²) in [5, 5.41) is 21.9. The average Bonchev–Trinajstić information content (AvgIpc) is 2.47. The van der Waals surface area contributed by atoms with Crippen molar-refractivity contribution in [3.05, 3.63) is 38.4 Å². The van der Waals surface area contributed by atoms with E-state index in [1.54, 1.807) is 0 Å². The predicted molar refractivity (Wildman–Crippen MR) is 78.4 cm³/mol. The number of hydrogen-bond acceptors (Lipinski definition) is 6. The Balaban J connectivity index is 2.20. The molecule has 1 saturated heterocycles. The lowest BCUT2D eigenvalue weighted by atomic mass is 9.93. The van der Waals surface area contributed by atoms with Gasteiger partial charge in [0.1, 0.15) is 5.69 Å². The molecule has 0 spiro atoms. The molecule has 8 heteroatoms. The van der Waals surface area contributed by atoms with E-state index in [-0.39, 0.29) is 11.4 Å². The zero-order valence-corrected chi connectivity index (χ0v) is 11.6. The van der Waals surface area contributed by atoms with Gasteiger partial charge in [0, 0.05) is 19.2 Å². The van der Waals surface area contributed by atoms with E-state index in [1.807, 2.05) is 4.90 Å². The Morgan fingerprint density at radius 2 is 1.86 bits per heavy atom. The second-order valence-electron chi connectivity index (χ2n) is 5.20. The van der Waals surface area contributed by atoms with Crippen molar-refractivity contribution < 1.29 is 9.85 Å². The van der Waals surface area contributed by atoms with E-state index in [4.69, 9.17) is 5.73 Å². The molecule has 0 radical (unpaired) electrons. The van der Waals surface area contributed by atoms with Crippen LogP contribution < -0.4 is 10.6 Å². The normalized spacial score (nSPS) is 16.0. The minimum atomic E-state index is -0.621. The summed E-state index contributed by atoms with van der Waals surface area (Å²) in [5.41, 5.74) is 5.53. The fourth-order valence-corrected chi connectivity index (χ4v) is 2.74. The molecule has 0 aromatic heterocycles. The van der Waals surface area contributed by atoms with E-state index in [2.05, 4.69) is 0 Å². The first-order chi connectivity index (χ1) is 10.0. The number of anilines is 1. The van der Waals surface area contributed by atoms with Crippen LogP contribution in [0.1, 0.15) is 19.3 Å². The molecule has 1 heterocycles. The summed E-state index contributed by atoms with van der Waals surface area (Å²) in [6.07, 6.45) is 2.84. The summed E-state index contributed by atoms with van der Waals surface area (Å²) in [5.74, 6) is 0.559. The topological polar surface area (TPSA) is 116 Å². The molecule has 21 heavy (non-hydrogen) atoms. The van der Waals surface area contributed by atoms with Crippen molar-refractivity contribution in [1.29, 1.82) is 0 Å². The van der Waals surface area contributed by atoms with Crippen LogP contribution in [0.5, 0.6) is 0 Å². The summed E-state index contributed by atoms with van der Waals surface area (Å²) in [6, 6.07) is 3.81. The molecule has 1 aromatic rings. The molecule has 1 aliphatic rings. The van der Waals surface area contributed by atoms with Crippen LogP contribution in [0.15, 0.2) is 18.2 Å². The second-order valence-corrected chi connectivity index (χ2v) is 5.20. The Labute approximate surface area is 121 Å². The fourth-order valence-electron chi connectivity index (χ4n) is 2.74. The molecule has 1 fully saturated rings. The van der Waals surface area contributed by atoms with Crippen molar-refractivity contribution in [2.45, 2.75) is 19.3 Å². The highest BCUT2D eigenvalue weighted by atomic mass is 16.6. The van der Waals surface area contributed by atoms with Crippen LogP contribution in [0.25, 0.3) is 0 Å². The minimum absolute atomic E-state index is 0.207. The van der Waals surface area contributed by atoms with E-state index >= 15 is 0 Å². The Bertz CT molecular complexity index is 541. The maximum atomic E-state index is 11.1. The Hall–Kier alpha value is -2.22. The van der Waals surface area contributed by atoms with Crippen LogP contribution >= 0.6 is 0 Å². The molecule has 1 aromatic carbocycles. The van der Waals surface area contributed by atoms with Crippen LogP contribution in [-0.4, -0.2) is 29.5 Å². The SMILES string of the molecule is NCCC1CCN(c2ccc([N+](=O)[O-])cc2[N+](=O)[O-])CC1. The lowest BCUT2D eigenvalue weighted by Gasteiger charge is -2.33. The number of non-ortho nitro benzene ring substituents is 1. The molecule has 1 aliphatic heterocycles. The Kier molecular flexibility index (Phi) is 4.69. The van der Waals surface area contributed by atoms with Gasteiger partial charge in [-0.2, -0.15) is 0 Å². The van der Waals surface area contributed by atoms with Gasteiger partial charge in [0.25, 0.3) is 11.4 Å². The second kappa shape index (κ2) is 6.49. The average molecular weight is 294 g/mol.